The molecule has 0 spiro atoms. The molecule has 0 unspecified atom stereocenters. The average Bonchev–Trinajstić information content (AvgIpc) is 2.62. The fourth-order valence-electron chi connectivity index (χ4n) is 3.57. The number of para-hydroxylation sites is 1. The van der Waals surface area contributed by atoms with Crippen LogP contribution in [-0.4, -0.2) is 55.4 Å². The van der Waals surface area contributed by atoms with Gasteiger partial charge in [0.15, 0.2) is 11.5 Å². The van der Waals surface area contributed by atoms with Gasteiger partial charge in [-0.25, -0.2) is 0 Å². The fourth-order valence-corrected chi connectivity index (χ4v) is 3.57. The lowest BCUT2D eigenvalue weighted by Crippen LogP contribution is -2.46. The third kappa shape index (κ3) is 3.56. The first-order valence-electron chi connectivity index (χ1n) is 8.53. The lowest BCUT2D eigenvalue weighted by molar-refractivity contribution is -0.152. The van der Waals surface area contributed by atoms with Gasteiger partial charge < -0.3 is 24.2 Å². The second-order valence-corrected chi connectivity index (χ2v) is 6.23. The van der Waals surface area contributed by atoms with Crippen LogP contribution in [0.4, 0.5) is 0 Å². The number of hydrogen-bond donors (Lipinski definition) is 1. The Balaban J connectivity index is 1.99. The number of ether oxygens (including phenoxy) is 3. The van der Waals surface area contributed by atoms with Crippen LogP contribution in [0.25, 0.3) is 0 Å². The number of amides is 1. The molecule has 136 valence electrons. The molecule has 1 saturated heterocycles. The molecule has 1 amide bonds. The molecule has 7 heteroatoms. The van der Waals surface area contributed by atoms with Crippen molar-refractivity contribution in [3.8, 4) is 11.5 Å². The number of carbonyl (C=O) groups excluding carboxylic acids is 1. The van der Waals surface area contributed by atoms with Gasteiger partial charge in [0.25, 0.3) is 0 Å². The standard InChI is InChI=1S/C18H23NO6/c1-23-9-3-8-19-15(20)7-6-13(18(21)22)16(19)12-4-2-5-14-17(12)25-11-10-24-14/h2,4-5,13,16H,3,6-11H2,1H3,(H,21,22)/t13-,16-/m0/s1. The molecule has 7 nitrogen and oxygen atoms in total. The molecule has 3 rings (SSSR count). The zero-order valence-corrected chi connectivity index (χ0v) is 14.3. The zero-order chi connectivity index (χ0) is 17.8. The Morgan fingerprint density at radius 3 is 2.92 bits per heavy atom. The summed E-state index contributed by atoms with van der Waals surface area (Å²) in [5.74, 6) is -0.451. The van der Waals surface area contributed by atoms with E-state index in [2.05, 4.69) is 0 Å². The molecule has 0 aromatic heterocycles. The Hall–Kier alpha value is -2.28. The molecule has 1 fully saturated rings. The van der Waals surface area contributed by atoms with Crippen molar-refractivity contribution in [1.29, 1.82) is 0 Å². The van der Waals surface area contributed by atoms with E-state index in [1.54, 1.807) is 18.1 Å². The van der Waals surface area contributed by atoms with Gasteiger partial charge in [-0.1, -0.05) is 12.1 Å². The molecule has 25 heavy (non-hydrogen) atoms. The van der Waals surface area contributed by atoms with Crippen LogP contribution in [0.15, 0.2) is 18.2 Å². The quantitative estimate of drug-likeness (QED) is 0.789. The first kappa shape index (κ1) is 17.5. The Morgan fingerprint density at radius 1 is 1.36 bits per heavy atom. The monoisotopic (exact) mass is 349 g/mol. The van der Waals surface area contributed by atoms with Crippen molar-refractivity contribution in [1.82, 2.24) is 4.90 Å². The Bertz CT molecular complexity index is 646. The summed E-state index contributed by atoms with van der Waals surface area (Å²) in [5.41, 5.74) is 0.704. The van der Waals surface area contributed by atoms with E-state index in [9.17, 15) is 14.7 Å². The molecule has 1 aromatic carbocycles. The lowest BCUT2D eigenvalue weighted by Gasteiger charge is -2.40. The first-order valence-corrected chi connectivity index (χ1v) is 8.53. The lowest BCUT2D eigenvalue weighted by atomic mass is 9.83. The van der Waals surface area contributed by atoms with Crippen molar-refractivity contribution >= 4 is 11.9 Å². The number of nitrogens with zero attached hydrogens (tertiary/aromatic N) is 1. The highest BCUT2D eigenvalue weighted by Crippen LogP contribution is 2.45. The van der Waals surface area contributed by atoms with Gasteiger partial charge in [0.05, 0.1) is 12.0 Å². The van der Waals surface area contributed by atoms with Crippen LogP contribution in [0.5, 0.6) is 11.5 Å². The molecule has 0 saturated carbocycles. The third-order valence-electron chi connectivity index (χ3n) is 4.69. The molecule has 1 aromatic rings. The molecule has 0 aliphatic carbocycles. The number of methoxy groups -OCH3 is 1. The SMILES string of the molecule is COCCCN1C(=O)CC[C@H](C(=O)O)[C@@H]1c1cccc2c1OCCO2. The summed E-state index contributed by atoms with van der Waals surface area (Å²) in [4.78, 5) is 26.0. The van der Waals surface area contributed by atoms with E-state index in [1.165, 1.54) is 0 Å². The normalized spacial score (nSPS) is 22.8. The number of aliphatic carboxylic acids is 1. The largest absolute Gasteiger partial charge is 0.486 e. The Kier molecular flexibility index (Phi) is 5.43. The number of rotatable bonds is 6. The predicted octanol–water partition coefficient (Wildman–Crippen LogP) is 1.86. The van der Waals surface area contributed by atoms with E-state index >= 15 is 0 Å². The predicted molar refractivity (Wildman–Crippen MR) is 88.7 cm³/mol. The van der Waals surface area contributed by atoms with Crippen LogP contribution in [0.2, 0.25) is 0 Å². The highest BCUT2D eigenvalue weighted by Gasteiger charge is 2.42. The Labute approximate surface area is 146 Å². The van der Waals surface area contributed by atoms with Gasteiger partial charge in [-0.05, 0) is 18.9 Å². The van der Waals surface area contributed by atoms with E-state index in [0.29, 0.717) is 56.3 Å². The number of carboxylic acid groups (broad SMARTS) is 1. The number of carbonyl (C=O) groups is 2. The molecule has 0 radical (unpaired) electrons. The van der Waals surface area contributed by atoms with Gasteiger partial charge in [-0.15, -0.1) is 0 Å². The number of likely N-dealkylation sites (tertiary alicyclic amines) is 1. The molecule has 2 atom stereocenters. The maximum Gasteiger partial charge on any atom is 0.308 e. The van der Waals surface area contributed by atoms with Crippen molar-refractivity contribution in [2.24, 2.45) is 5.92 Å². The number of carboxylic acids is 1. The van der Waals surface area contributed by atoms with Crippen molar-refractivity contribution < 1.29 is 28.9 Å². The minimum Gasteiger partial charge on any atom is -0.486 e. The summed E-state index contributed by atoms with van der Waals surface area (Å²) < 4.78 is 16.5. The third-order valence-corrected chi connectivity index (χ3v) is 4.69. The van der Waals surface area contributed by atoms with Crippen LogP contribution < -0.4 is 9.47 Å². The average molecular weight is 349 g/mol. The molecule has 2 aliphatic heterocycles. The summed E-state index contributed by atoms with van der Waals surface area (Å²) >= 11 is 0. The number of benzene rings is 1. The van der Waals surface area contributed by atoms with Crippen LogP contribution in [0.3, 0.4) is 0 Å². The van der Waals surface area contributed by atoms with Crippen LogP contribution >= 0.6 is 0 Å². The maximum absolute atomic E-state index is 12.5. The van der Waals surface area contributed by atoms with Gasteiger partial charge in [0.2, 0.25) is 5.91 Å². The molecule has 2 heterocycles. The van der Waals surface area contributed by atoms with Gasteiger partial charge >= 0.3 is 5.97 Å². The van der Waals surface area contributed by atoms with E-state index in [1.807, 2.05) is 12.1 Å². The van der Waals surface area contributed by atoms with Crippen LogP contribution in [0, 0.1) is 5.92 Å². The maximum atomic E-state index is 12.5. The van der Waals surface area contributed by atoms with Gasteiger partial charge in [0, 0.05) is 32.2 Å². The molecule has 1 N–H and O–H groups in total. The highest BCUT2D eigenvalue weighted by molar-refractivity contribution is 5.82. The second-order valence-electron chi connectivity index (χ2n) is 6.23. The number of piperidine rings is 1. The summed E-state index contributed by atoms with van der Waals surface area (Å²) in [6.45, 7) is 1.83. The smallest absolute Gasteiger partial charge is 0.308 e. The summed E-state index contributed by atoms with van der Waals surface area (Å²) in [6, 6.07) is 4.88. The zero-order valence-electron chi connectivity index (χ0n) is 14.3. The van der Waals surface area contributed by atoms with Crippen molar-refractivity contribution in [3.05, 3.63) is 23.8 Å². The minimum atomic E-state index is -0.899. The van der Waals surface area contributed by atoms with Crippen LogP contribution in [-0.2, 0) is 14.3 Å². The van der Waals surface area contributed by atoms with Crippen molar-refractivity contribution in [2.75, 3.05) is 33.5 Å². The van der Waals surface area contributed by atoms with E-state index in [0.717, 1.165) is 0 Å². The topological polar surface area (TPSA) is 85.3 Å². The van der Waals surface area contributed by atoms with E-state index in [-0.39, 0.29) is 12.3 Å². The summed E-state index contributed by atoms with van der Waals surface area (Å²) in [5, 5.41) is 9.71. The van der Waals surface area contributed by atoms with E-state index < -0.39 is 17.9 Å². The summed E-state index contributed by atoms with van der Waals surface area (Å²) in [7, 11) is 1.61. The molecule has 2 aliphatic rings. The number of hydrogen-bond acceptors (Lipinski definition) is 5. The van der Waals surface area contributed by atoms with Gasteiger partial charge in [-0.2, -0.15) is 0 Å². The fraction of sp³-hybridized carbons (Fsp3) is 0.556. The van der Waals surface area contributed by atoms with Crippen molar-refractivity contribution in [3.63, 3.8) is 0 Å². The molecular formula is C18H23NO6. The first-order chi connectivity index (χ1) is 12.1. The molecule has 0 bridgehead atoms. The van der Waals surface area contributed by atoms with Gasteiger partial charge in [0.1, 0.15) is 13.2 Å². The van der Waals surface area contributed by atoms with E-state index in [4.69, 9.17) is 14.2 Å². The Morgan fingerprint density at radius 2 is 2.16 bits per heavy atom. The van der Waals surface area contributed by atoms with Crippen molar-refractivity contribution in [2.45, 2.75) is 25.3 Å². The molecular weight excluding hydrogens is 326 g/mol. The summed E-state index contributed by atoms with van der Waals surface area (Å²) in [6.07, 6.45) is 1.22. The number of fused-ring (bicyclic) bond motifs is 1. The second kappa shape index (κ2) is 7.74. The van der Waals surface area contributed by atoms with Crippen LogP contribution in [0.1, 0.15) is 30.9 Å². The van der Waals surface area contributed by atoms with Gasteiger partial charge in [-0.3, -0.25) is 9.59 Å². The minimum absolute atomic E-state index is 0.0343. The highest BCUT2D eigenvalue weighted by atomic mass is 16.6.